The van der Waals surface area contributed by atoms with Crippen LogP contribution in [0, 0.1) is 32.6 Å². The zero-order valence-corrected chi connectivity index (χ0v) is 15.9. The predicted octanol–water partition coefficient (Wildman–Crippen LogP) is 4.78. The van der Waals surface area contributed by atoms with Gasteiger partial charge >= 0.3 is 0 Å². The molecule has 0 bridgehead atoms. The number of benzene rings is 1. The number of hydrogen-bond acceptors (Lipinski definition) is 2. The fourth-order valence-corrected chi connectivity index (χ4v) is 2.96. The van der Waals surface area contributed by atoms with Crippen LogP contribution in [0.5, 0.6) is 11.5 Å². The Bertz CT molecular complexity index is 539. The Hall–Kier alpha value is -0.890. The molecule has 116 valence electrons. The zero-order valence-electron chi connectivity index (χ0n) is 13.7. The van der Waals surface area contributed by atoms with Crippen LogP contribution < -0.4 is 9.47 Å². The van der Waals surface area contributed by atoms with Gasteiger partial charge in [0.2, 0.25) is 0 Å². The summed E-state index contributed by atoms with van der Waals surface area (Å²) in [5.41, 5.74) is 4.83. The van der Waals surface area contributed by atoms with Gasteiger partial charge in [0.25, 0.3) is 0 Å². The summed E-state index contributed by atoms with van der Waals surface area (Å²) in [7, 11) is 3.49. The van der Waals surface area contributed by atoms with Gasteiger partial charge in [-0.1, -0.05) is 28.5 Å². The molecule has 0 heterocycles. The van der Waals surface area contributed by atoms with Gasteiger partial charge in [-0.3, -0.25) is 0 Å². The van der Waals surface area contributed by atoms with Crippen LogP contribution >= 0.6 is 22.6 Å². The van der Waals surface area contributed by atoms with E-state index in [9.17, 15) is 0 Å². The molecule has 2 nitrogen and oxygen atoms in total. The minimum absolute atomic E-state index is 0.916. The summed E-state index contributed by atoms with van der Waals surface area (Å²) in [6, 6.07) is 0. The topological polar surface area (TPSA) is 18.5 Å². The van der Waals surface area contributed by atoms with Gasteiger partial charge in [0.15, 0.2) is 0 Å². The van der Waals surface area contributed by atoms with E-state index in [4.69, 9.17) is 9.47 Å². The number of methoxy groups -OCH3 is 2. The van der Waals surface area contributed by atoms with Gasteiger partial charge in [-0.25, -0.2) is 0 Å². The molecule has 0 fully saturated rings. The lowest BCUT2D eigenvalue weighted by molar-refractivity contribution is 0.390. The summed E-state index contributed by atoms with van der Waals surface area (Å²) in [5.74, 6) is 8.31. The highest BCUT2D eigenvalue weighted by Gasteiger charge is 2.18. The minimum Gasteiger partial charge on any atom is -0.496 e. The second kappa shape index (κ2) is 9.19. The van der Waals surface area contributed by atoms with Crippen molar-refractivity contribution in [2.45, 2.75) is 46.5 Å². The number of ether oxygens (including phenoxy) is 2. The molecule has 0 amide bonds. The molecule has 0 spiro atoms. The van der Waals surface area contributed by atoms with Crippen LogP contribution in [0.2, 0.25) is 0 Å². The summed E-state index contributed by atoms with van der Waals surface area (Å²) in [4.78, 5) is 0. The average Bonchev–Trinajstić information content (AvgIpc) is 2.48. The highest BCUT2D eigenvalue weighted by atomic mass is 127. The van der Waals surface area contributed by atoms with Crippen LogP contribution in [0.1, 0.15) is 41.5 Å². The molecule has 0 unspecified atom stereocenters. The minimum atomic E-state index is 0.916. The third kappa shape index (κ3) is 4.54. The van der Waals surface area contributed by atoms with Crippen molar-refractivity contribution in [1.82, 2.24) is 0 Å². The normalized spacial score (nSPS) is 10.0. The van der Waals surface area contributed by atoms with Gasteiger partial charge in [0.05, 0.1) is 18.6 Å². The van der Waals surface area contributed by atoms with Crippen LogP contribution in [0.4, 0.5) is 0 Å². The maximum absolute atomic E-state index is 5.65. The number of halogens is 1. The molecule has 0 radical (unpaired) electrons. The SMILES string of the molecule is COc1c(C)c(C)c(OC)c(CCCCC#CCI)c1C. The number of unbranched alkanes of at least 4 members (excludes halogenated alkanes) is 2. The lowest BCUT2D eigenvalue weighted by Gasteiger charge is -2.20. The van der Waals surface area contributed by atoms with Crippen LogP contribution in [-0.4, -0.2) is 18.6 Å². The van der Waals surface area contributed by atoms with Crippen molar-refractivity contribution in [2.24, 2.45) is 0 Å². The Morgan fingerprint density at radius 3 is 2.05 bits per heavy atom. The Kier molecular flexibility index (Phi) is 7.95. The van der Waals surface area contributed by atoms with Crippen molar-refractivity contribution >= 4 is 22.6 Å². The molecule has 0 aromatic heterocycles. The Balaban J connectivity index is 2.92. The van der Waals surface area contributed by atoms with Crippen molar-refractivity contribution in [3.05, 3.63) is 22.3 Å². The summed E-state index contributed by atoms with van der Waals surface area (Å²) < 4.78 is 12.1. The van der Waals surface area contributed by atoms with Gasteiger partial charge in [0.1, 0.15) is 11.5 Å². The van der Waals surface area contributed by atoms with E-state index < -0.39 is 0 Å². The fraction of sp³-hybridized carbons (Fsp3) is 0.556. The second-order valence-corrected chi connectivity index (χ2v) is 5.88. The molecular formula is C18H25IO2. The number of hydrogen-bond donors (Lipinski definition) is 0. The molecule has 3 heteroatoms. The average molecular weight is 400 g/mol. The van der Waals surface area contributed by atoms with Crippen LogP contribution in [-0.2, 0) is 6.42 Å². The maximum atomic E-state index is 5.65. The molecule has 0 saturated carbocycles. The van der Waals surface area contributed by atoms with Crippen molar-refractivity contribution in [1.29, 1.82) is 0 Å². The summed E-state index contributed by atoms with van der Waals surface area (Å²) >= 11 is 2.28. The lowest BCUT2D eigenvalue weighted by atomic mass is 9.94. The van der Waals surface area contributed by atoms with Crippen molar-refractivity contribution in [3.63, 3.8) is 0 Å². The molecule has 0 aliphatic heterocycles. The first kappa shape index (κ1) is 18.2. The van der Waals surface area contributed by atoms with E-state index in [-0.39, 0.29) is 0 Å². The van der Waals surface area contributed by atoms with Crippen LogP contribution in [0.15, 0.2) is 0 Å². The maximum Gasteiger partial charge on any atom is 0.125 e. The molecule has 1 rings (SSSR count). The highest BCUT2D eigenvalue weighted by molar-refractivity contribution is 14.1. The Labute approximate surface area is 142 Å². The smallest absolute Gasteiger partial charge is 0.125 e. The molecule has 0 atom stereocenters. The summed E-state index contributed by atoms with van der Waals surface area (Å²) in [5, 5.41) is 0. The lowest BCUT2D eigenvalue weighted by Crippen LogP contribution is -2.04. The van der Waals surface area contributed by atoms with Gasteiger partial charge < -0.3 is 9.47 Å². The van der Waals surface area contributed by atoms with E-state index in [1.807, 2.05) is 0 Å². The Morgan fingerprint density at radius 1 is 0.857 bits per heavy atom. The van der Waals surface area contributed by atoms with E-state index in [1.165, 1.54) is 22.3 Å². The van der Waals surface area contributed by atoms with Gasteiger partial charge in [-0.2, -0.15) is 0 Å². The van der Waals surface area contributed by atoms with Crippen LogP contribution in [0.25, 0.3) is 0 Å². The van der Waals surface area contributed by atoms with E-state index >= 15 is 0 Å². The molecule has 1 aromatic rings. The molecule has 0 aliphatic carbocycles. The van der Waals surface area contributed by atoms with Crippen molar-refractivity contribution < 1.29 is 9.47 Å². The number of alkyl halides is 1. The van der Waals surface area contributed by atoms with Crippen LogP contribution in [0.3, 0.4) is 0 Å². The third-order valence-corrected chi connectivity index (χ3v) is 4.27. The highest BCUT2D eigenvalue weighted by Crippen LogP contribution is 2.38. The molecular weight excluding hydrogens is 375 g/mol. The first-order valence-electron chi connectivity index (χ1n) is 7.30. The van der Waals surface area contributed by atoms with E-state index in [0.717, 1.165) is 41.6 Å². The van der Waals surface area contributed by atoms with Crippen molar-refractivity contribution in [3.8, 4) is 23.3 Å². The molecule has 21 heavy (non-hydrogen) atoms. The largest absolute Gasteiger partial charge is 0.496 e. The third-order valence-electron chi connectivity index (χ3n) is 3.89. The van der Waals surface area contributed by atoms with E-state index in [0.29, 0.717) is 0 Å². The summed E-state index contributed by atoms with van der Waals surface area (Å²) in [6.07, 6.45) is 4.24. The van der Waals surface area contributed by atoms with Gasteiger partial charge in [-0.05, 0) is 56.7 Å². The standard InChI is InChI=1S/C18H25IO2/c1-13-14(2)18(21-5)16(15(3)17(13)20-4)11-9-7-6-8-10-12-19/h6-7,9,11-12H2,1-5H3. The zero-order chi connectivity index (χ0) is 15.8. The molecule has 0 saturated heterocycles. The predicted molar refractivity (Wildman–Crippen MR) is 98.0 cm³/mol. The summed E-state index contributed by atoms with van der Waals surface area (Å²) in [6.45, 7) is 6.32. The van der Waals surface area contributed by atoms with E-state index in [1.54, 1.807) is 14.2 Å². The van der Waals surface area contributed by atoms with E-state index in [2.05, 4.69) is 55.2 Å². The van der Waals surface area contributed by atoms with Gasteiger partial charge in [0, 0.05) is 12.0 Å². The monoisotopic (exact) mass is 400 g/mol. The fourth-order valence-electron chi connectivity index (χ4n) is 2.69. The molecule has 0 N–H and O–H groups in total. The van der Waals surface area contributed by atoms with Gasteiger partial charge in [-0.15, -0.1) is 5.92 Å². The number of rotatable bonds is 6. The Morgan fingerprint density at radius 2 is 1.48 bits per heavy atom. The molecule has 1 aromatic carbocycles. The van der Waals surface area contributed by atoms with Crippen molar-refractivity contribution in [2.75, 3.05) is 18.6 Å². The first-order chi connectivity index (χ1) is 10.1. The molecule has 0 aliphatic rings. The first-order valence-corrected chi connectivity index (χ1v) is 8.83. The quantitative estimate of drug-likeness (QED) is 0.296. The second-order valence-electron chi connectivity index (χ2n) is 5.11.